The number of allylic oxidation sites excluding steroid dienone is 1. The number of ether oxygens (including phenoxy) is 2. The number of benzene rings is 3. The average Bonchev–Trinajstić information content (AvgIpc) is 3.22. The van der Waals surface area contributed by atoms with Gasteiger partial charge in [-0.3, -0.25) is 9.36 Å². The first-order valence-electron chi connectivity index (χ1n) is 11.6. The molecule has 0 radical (unpaired) electrons. The van der Waals surface area contributed by atoms with Gasteiger partial charge in [-0.25, -0.2) is 9.79 Å². The van der Waals surface area contributed by atoms with Crippen LogP contribution in [0, 0.1) is 0 Å². The summed E-state index contributed by atoms with van der Waals surface area (Å²) in [5.74, 6) is 0.192. The molecule has 37 heavy (non-hydrogen) atoms. The Morgan fingerprint density at radius 2 is 1.76 bits per heavy atom. The summed E-state index contributed by atoms with van der Waals surface area (Å²) in [6, 6.07) is 23.9. The highest BCUT2D eigenvalue weighted by Crippen LogP contribution is 2.30. The van der Waals surface area contributed by atoms with Gasteiger partial charge in [0.25, 0.3) is 5.56 Å². The van der Waals surface area contributed by atoms with E-state index in [1.54, 1.807) is 11.5 Å². The lowest BCUT2D eigenvalue weighted by Gasteiger charge is -2.24. The van der Waals surface area contributed by atoms with E-state index in [9.17, 15) is 9.59 Å². The SMILES string of the molecule is COC(=O)C1=C(C)N=c2sc(=Cc3ccc(OCc4ccccc4Cl)cc3)c(=O)n2C1c1ccccc1. The Balaban J connectivity index is 1.49. The molecule has 1 aliphatic heterocycles. The number of methoxy groups -OCH3 is 1. The predicted octanol–water partition coefficient (Wildman–Crippen LogP) is 4.64. The Kier molecular flexibility index (Phi) is 7.08. The van der Waals surface area contributed by atoms with Crippen molar-refractivity contribution >= 4 is 35.0 Å². The molecule has 186 valence electrons. The number of esters is 1. The second-order valence-corrected chi connectivity index (χ2v) is 9.85. The number of halogens is 1. The molecule has 2 heterocycles. The number of rotatable bonds is 6. The van der Waals surface area contributed by atoms with Gasteiger partial charge in [0.1, 0.15) is 12.4 Å². The normalized spacial score (nSPS) is 15.2. The smallest absolute Gasteiger partial charge is 0.338 e. The van der Waals surface area contributed by atoms with Crippen LogP contribution in [-0.2, 0) is 16.1 Å². The second-order valence-electron chi connectivity index (χ2n) is 8.43. The highest BCUT2D eigenvalue weighted by Gasteiger charge is 2.32. The van der Waals surface area contributed by atoms with Crippen LogP contribution in [0.4, 0.5) is 0 Å². The number of aromatic nitrogens is 1. The molecule has 0 saturated carbocycles. The molecule has 8 heteroatoms. The van der Waals surface area contributed by atoms with E-state index in [0.29, 0.717) is 38.0 Å². The zero-order valence-electron chi connectivity index (χ0n) is 20.2. The first-order chi connectivity index (χ1) is 18.0. The van der Waals surface area contributed by atoms with Gasteiger partial charge >= 0.3 is 5.97 Å². The molecule has 3 aromatic carbocycles. The van der Waals surface area contributed by atoms with Gasteiger partial charge < -0.3 is 9.47 Å². The third-order valence-electron chi connectivity index (χ3n) is 6.07. The fraction of sp³-hybridized carbons (Fsp3) is 0.138. The molecule has 0 spiro atoms. The van der Waals surface area contributed by atoms with Crippen molar-refractivity contribution in [3.05, 3.63) is 132 Å². The number of hydrogen-bond acceptors (Lipinski definition) is 6. The van der Waals surface area contributed by atoms with Crippen LogP contribution in [0.5, 0.6) is 5.75 Å². The minimum atomic E-state index is -0.618. The summed E-state index contributed by atoms with van der Waals surface area (Å²) >= 11 is 7.49. The maximum absolute atomic E-state index is 13.6. The van der Waals surface area contributed by atoms with Crippen LogP contribution in [0.25, 0.3) is 6.08 Å². The first kappa shape index (κ1) is 24.7. The summed E-state index contributed by atoms with van der Waals surface area (Å²) in [7, 11) is 1.33. The Morgan fingerprint density at radius 1 is 1.05 bits per heavy atom. The van der Waals surface area contributed by atoms with Crippen molar-refractivity contribution in [2.24, 2.45) is 4.99 Å². The number of hydrogen-bond donors (Lipinski definition) is 0. The molecular weight excluding hydrogens is 508 g/mol. The van der Waals surface area contributed by atoms with Crippen molar-refractivity contribution < 1.29 is 14.3 Å². The van der Waals surface area contributed by atoms with Crippen LogP contribution >= 0.6 is 22.9 Å². The molecule has 0 saturated heterocycles. The van der Waals surface area contributed by atoms with Gasteiger partial charge in [-0.05, 0) is 42.3 Å². The monoisotopic (exact) mass is 530 g/mol. The van der Waals surface area contributed by atoms with Gasteiger partial charge in [0.15, 0.2) is 4.80 Å². The van der Waals surface area contributed by atoms with Crippen molar-refractivity contribution in [1.29, 1.82) is 0 Å². The molecule has 0 fully saturated rings. The van der Waals surface area contributed by atoms with E-state index in [2.05, 4.69) is 4.99 Å². The van der Waals surface area contributed by atoms with Crippen molar-refractivity contribution in [2.75, 3.05) is 7.11 Å². The maximum Gasteiger partial charge on any atom is 0.338 e. The molecule has 6 nitrogen and oxygen atoms in total. The van der Waals surface area contributed by atoms with Crippen molar-refractivity contribution in [3.63, 3.8) is 0 Å². The fourth-order valence-corrected chi connectivity index (χ4v) is 5.47. The summed E-state index contributed by atoms with van der Waals surface area (Å²) < 4.78 is 13.0. The minimum Gasteiger partial charge on any atom is -0.489 e. The van der Waals surface area contributed by atoms with Gasteiger partial charge in [-0.15, -0.1) is 0 Å². The van der Waals surface area contributed by atoms with E-state index in [1.807, 2.05) is 84.9 Å². The standard InChI is InChI=1S/C29H23ClN2O4S/c1-18-25(28(34)35-2)26(20-8-4-3-5-9-20)32-27(33)24(37-29(32)31-18)16-19-12-14-22(15-13-19)36-17-21-10-6-7-11-23(21)30/h3-16,26H,17H2,1-2H3. The topological polar surface area (TPSA) is 69.9 Å². The van der Waals surface area contributed by atoms with E-state index in [1.165, 1.54) is 18.4 Å². The van der Waals surface area contributed by atoms with E-state index in [4.69, 9.17) is 21.1 Å². The largest absolute Gasteiger partial charge is 0.489 e. The quantitative estimate of drug-likeness (QED) is 0.341. The second kappa shape index (κ2) is 10.6. The number of carbonyl (C=O) groups is 1. The van der Waals surface area contributed by atoms with Gasteiger partial charge in [-0.1, -0.05) is 83.6 Å². The Hall–Kier alpha value is -3.94. The molecule has 1 aromatic heterocycles. The highest BCUT2D eigenvalue weighted by atomic mass is 35.5. The Morgan fingerprint density at radius 3 is 2.46 bits per heavy atom. The average molecular weight is 531 g/mol. The van der Waals surface area contributed by atoms with Gasteiger partial charge in [0, 0.05) is 10.6 Å². The van der Waals surface area contributed by atoms with Crippen molar-refractivity contribution in [3.8, 4) is 5.75 Å². The summed E-state index contributed by atoms with van der Waals surface area (Å²) in [6.07, 6.45) is 1.82. The highest BCUT2D eigenvalue weighted by molar-refractivity contribution is 7.07. The predicted molar refractivity (Wildman–Crippen MR) is 144 cm³/mol. The Bertz CT molecular complexity index is 1670. The summed E-state index contributed by atoms with van der Waals surface area (Å²) in [6.45, 7) is 2.12. The number of thiazole rings is 1. The van der Waals surface area contributed by atoms with Crippen LogP contribution in [0.15, 0.2) is 99.9 Å². The van der Waals surface area contributed by atoms with E-state index < -0.39 is 12.0 Å². The summed E-state index contributed by atoms with van der Waals surface area (Å²) in [5.41, 5.74) is 3.23. The zero-order chi connectivity index (χ0) is 25.9. The molecule has 1 aliphatic rings. The maximum atomic E-state index is 13.6. The van der Waals surface area contributed by atoms with Crippen LogP contribution in [0.1, 0.15) is 29.7 Å². The van der Waals surface area contributed by atoms with E-state index in [-0.39, 0.29) is 5.56 Å². The van der Waals surface area contributed by atoms with Gasteiger partial charge in [0.05, 0.1) is 29.0 Å². The third-order valence-corrected chi connectivity index (χ3v) is 7.42. The summed E-state index contributed by atoms with van der Waals surface area (Å²) in [5, 5.41) is 0.661. The molecule has 1 unspecified atom stereocenters. The number of carbonyl (C=O) groups excluding carboxylic acids is 1. The molecule has 0 amide bonds. The van der Waals surface area contributed by atoms with E-state index >= 15 is 0 Å². The number of nitrogens with zero attached hydrogens (tertiary/aromatic N) is 2. The van der Waals surface area contributed by atoms with Crippen LogP contribution in [-0.4, -0.2) is 17.6 Å². The molecule has 4 aromatic rings. The van der Waals surface area contributed by atoms with Crippen LogP contribution in [0.2, 0.25) is 5.02 Å². The lowest BCUT2D eigenvalue weighted by Crippen LogP contribution is -2.39. The molecule has 0 N–H and O–H groups in total. The Labute approximate surface area is 222 Å². The lowest BCUT2D eigenvalue weighted by molar-refractivity contribution is -0.136. The summed E-state index contributed by atoms with van der Waals surface area (Å²) in [4.78, 5) is 31.4. The van der Waals surface area contributed by atoms with Crippen molar-refractivity contribution in [2.45, 2.75) is 19.6 Å². The number of fused-ring (bicyclic) bond motifs is 1. The van der Waals surface area contributed by atoms with Gasteiger partial charge in [-0.2, -0.15) is 0 Å². The first-order valence-corrected chi connectivity index (χ1v) is 12.8. The van der Waals surface area contributed by atoms with Crippen LogP contribution < -0.4 is 19.6 Å². The van der Waals surface area contributed by atoms with Crippen molar-refractivity contribution in [1.82, 2.24) is 4.57 Å². The minimum absolute atomic E-state index is 0.217. The van der Waals surface area contributed by atoms with Crippen LogP contribution in [0.3, 0.4) is 0 Å². The molecule has 0 bridgehead atoms. The fourth-order valence-electron chi connectivity index (χ4n) is 4.23. The van der Waals surface area contributed by atoms with Gasteiger partial charge in [0.2, 0.25) is 0 Å². The molecule has 5 rings (SSSR count). The molecular formula is C29H23ClN2O4S. The third kappa shape index (κ3) is 5.01. The molecule has 1 atom stereocenters. The van der Waals surface area contributed by atoms with E-state index in [0.717, 1.165) is 16.7 Å². The molecule has 0 aliphatic carbocycles. The lowest BCUT2D eigenvalue weighted by atomic mass is 9.96. The zero-order valence-corrected chi connectivity index (χ0v) is 21.8.